The lowest BCUT2D eigenvalue weighted by Crippen LogP contribution is -2.45. The van der Waals surface area contributed by atoms with Crippen molar-refractivity contribution < 1.29 is 22.8 Å². The molecule has 4 nitrogen and oxygen atoms in total. The van der Waals surface area contributed by atoms with Crippen molar-refractivity contribution >= 4 is 22.6 Å². The van der Waals surface area contributed by atoms with Crippen molar-refractivity contribution in [3.8, 4) is 11.8 Å². The first-order chi connectivity index (χ1) is 15.4. The number of hydrogen-bond donors (Lipinski definition) is 0. The zero-order valence-corrected chi connectivity index (χ0v) is 25.5. The second-order valence-corrected chi connectivity index (χ2v) is 22.8. The molecule has 196 valence electrons. The van der Waals surface area contributed by atoms with E-state index in [0.717, 1.165) is 25.7 Å². The van der Waals surface area contributed by atoms with Crippen LogP contribution in [0.1, 0.15) is 80.6 Å². The third-order valence-electron chi connectivity index (χ3n) is 8.52. The van der Waals surface area contributed by atoms with Crippen molar-refractivity contribution in [1.82, 2.24) is 0 Å². The predicted molar refractivity (Wildman–Crippen MR) is 142 cm³/mol. The molecule has 0 aromatic rings. The molecule has 0 aromatic carbocycles. The molecule has 7 heteroatoms. The molecular weight excluding hydrogens is 463 g/mol. The van der Waals surface area contributed by atoms with Crippen LogP contribution in [-0.2, 0) is 18.4 Å². The van der Waals surface area contributed by atoms with Crippen LogP contribution in [0.2, 0.25) is 36.3 Å². The number of carbonyl (C=O) groups excluding carboxylic acids is 1. The topological polar surface area (TPSA) is 44.8 Å². The Bertz CT molecular complexity index is 772. The van der Waals surface area contributed by atoms with Gasteiger partial charge >= 0.3 is 5.97 Å². The van der Waals surface area contributed by atoms with Crippen LogP contribution in [0.4, 0.5) is 4.39 Å². The van der Waals surface area contributed by atoms with Gasteiger partial charge in [-0.25, -0.2) is 9.18 Å². The number of carbonyl (C=O) groups is 1. The highest BCUT2D eigenvalue weighted by Gasteiger charge is 2.58. The molecule has 1 aliphatic carbocycles. The van der Waals surface area contributed by atoms with E-state index in [2.05, 4.69) is 86.5 Å². The van der Waals surface area contributed by atoms with Crippen LogP contribution in [-0.4, -0.2) is 47.1 Å². The lowest BCUT2D eigenvalue weighted by atomic mass is 9.91. The molecular formula is C27H49FO4Si2. The Labute approximate surface area is 210 Å². The quantitative estimate of drug-likeness (QED) is 0.149. The highest BCUT2D eigenvalue weighted by Crippen LogP contribution is 2.47. The molecule has 2 rings (SSSR count). The number of halogens is 1. The number of esters is 1. The summed E-state index contributed by atoms with van der Waals surface area (Å²) in [5.74, 6) is 5.15. The van der Waals surface area contributed by atoms with Crippen molar-refractivity contribution in [3.05, 3.63) is 0 Å². The summed E-state index contributed by atoms with van der Waals surface area (Å²) < 4.78 is 33.8. The third kappa shape index (κ3) is 6.75. The molecule has 1 heterocycles. The maximum absolute atomic E-state index is 15.0. The van der Waals surface area contributed by atoms with Gasteiger partial charge in [0.15, 0.2) is 16.6 Å². The molecule has 1 aliphatic heterocycles. The van der Waals surface area contributed by atoms with E-state index >= 15 is 0 Å². The molecule has 1 unspecified atom stereocenters. The van der Waals surface area contributed by atoms with Crippen molar-refractivity contribution in [2.45, 2.75) is 141 Å². The van der Waals surface area contributed by atoms with Crippen LogP contribution >= 0.6 is 0 Å². The summed E-state index contributed by atoms with van der Waals surface area (Å²) in [7, 11) is -4.11. The Morgan fingerprint density at radius 1 is 1.06 bits per heavy atom. The van der Waals surface area contributed by atoms with E-state index in [0.29, 0.717) is 6.42 Å². The monoisotopic (exact) mass is 512 g/mol. The van der Waals surface area contributed by atoms with Crippen LogP contribution in [0.15, 0.2) is 0 Å². The summed E-state index contributed by atoms with van der Waals surface area (Å²) >= 11 is 0. The van der Waals surface area contributed by atoms with E-state index in [-0.39, 0.29) is 28.2 Å². The van der Waals surface area contributed by atoms with Gasteiger partial charge < -0.3 is 13.6 Å². The average Bonchev–Trinajstić information content (AvgIpc) is 3.12. The van der Waals surface area contributed by atoms with Gasteiger partial charge in [-0.3, -0.25) is 0 Å². The summed E-state index contributed by atoms with van der Waals surface area (Å²) in [6, 6.07) is 0. The van der Waals surface area contributed by atoms with Gasteiger partial charge in [-0.05, 0) is 49.1 Å². The zero-order valence-electron chi connectivity index (χ0n) is 23.5. The molecule has 6 atom stereocenters. The van der Waals surface area contributed by atoms with E-state index in [4.69, 9.17) is 13.6 Å². The number of fused-ring (bicyclic) bond motifs is 1. The predicted octanol–water partition coefficient (Wildman–Crippen LogP) is 7.25. The highest BCUT2D eigenvalue weighted by molar-refractivity contribution is 6.74. The minimum atomic E-state index is -2.10. The van der Waals surface area contributed by atoms with Crippen LogP contribution in [0.25, 0.3) is 0 Å². The van der Waals surface area contributed by atoms with Gasteiger partial charge in [0.05, 0.1) is 17.9 Å². The fourth-order valence-electron chi connectivity index (χ4n) is 4.21. The van der Waals surface area contributed by atoms with Gasteiger partial charge in [0.1, 0.15) is 12.2 Å². The maximum Gasteiger partial charge on any atom is 0.341 e. The van der Waals surface area contributed by atoms with E-state index in [1.807, 2.05) is 0 Å². The first kappa shape index (κ1) is 29.5. The van der Waals surface area contributed by atoms with Crippen LogP contribution in [0.3, 0.4) is 0 Å². The third-order valence-corrected chi connectivity index (χ3v) is 17.5. The SMILES string of the molecule is CCCCC[C@@H](C#C[C@H]1[C@H]2C(F)C(=O)O[C@H]2C[C@H]1O[Si](C)(C)C(C)(C)C)O[Si](C)(C)C(C)(C)C. The molecule has 0 aromatic heterocycles. The maximum atomic E-state index is 15.0. The van der Waals surface area contributed by atoms with Gasteiger partial charge in [-0.15, -0.1) is 0 Å². The molecule has 0 amide bonds. The number of rotatable bonds is 8. The Hall–Kier alpha value is -0.686. The Morgan fingerprint density at radius 3 is 2.18 bits per heavy atom. The lowest BCUT2D eigenvalue weighted by molar-refractivity contribution is -0.145. The van der Waals surface area contributed by atoms with Gasteiger partial charge in [0.2, 0.25) is 6.17 Å². The molecule has 34 heavy (non-hydrogen) atoms. The summed E-state index contributed by atoms with van der Waals surface area (Å²) in [5.41, 5.74) is 0. The van der Waals surface area contributed by atoms with Gasteiger partial charge in [-0.2, -0.15) is 0 Å². The first-order valence-corrected chi connectivity index (χ1v) is 18.9. The van der Waals surface area contributed by atoms with Gasteiger partial charge in [0, 0.05) is 6.42 Å². The Morgan fingerprint density at radius 2 is 1.65 bits per heavy atom. The molecule has 0 N–H and O–H groups in total. The van der Waals surface area contributed by atoms with Crippen LogP contribution in [0.5, 0.6) is 0 Å². The molecule has 0 spiro atoms. The summed E-state index contributed by atoms with van der Waals surface area (Å²) in [5, 5.41) is 0.114. The Balaban J connectivity index is 2.35. The second-order valence-electron chi connectivity index (χ2n) is 13.3. The molecule has 2 aliphatic rings. The smallest absolute Gasteiger partial charge is 0.341 e. The first-order valence-electron chi connectivity index (χ1n) is 13.1. The summed E-state index contributed by atoms with van der Waals surface area (Å²) in [6.45, 7) is 24.4. The van der Waals surface area contributed by atoms with Crippen LogP contribution < -0.4 is 0 Å². The number of alkyl halides is 1. The molecule has 1 saturated heterocycles. The van der Waals surface area contributed by atoms with E-state index < -0.39 is 40.8 Å². The molecule has 0 radical (unpaired) electrons. The summed E-state index contributed by atoms with van der Waals surface area (Å²) in [6.07, 6.45) is 2.24. The van der Waals surface area contributed by atoms with Gasteiger partial charge in [-0.1, -0.05) is 73.1 Å². The minimum absolute atomic E-state index is 0.0304. The normalized spacial score (nSPS) is 28.8. The fourth-order valence-corrected chi connectivity index (χ4v) is 6.80. The fraction of sp³-hybridized carbons (Fsp3) is 0.889. The summed E-state index contributed by atoms with van der Waals surface area (Å²) in [4.78, 5) is 12.0. The van der Waals surface area contributed by atoms with Crippen molar-refractivity contribution in [3.63, 3.8) is 0 Å². The molecule has 2 fully saturated rings. The Kier molecular flexibility index (Phi) is 9.33. The minimum Gasteiger partial charge on any atom is -0.460 e. The number of hydrogen-bond acceptors (Lipinski definition) is 4. The molecule has 1 saturated carbocycles. The van der Waals surface area contributed by atoms with Crippen LogP contribution in [0, 0.1) is 23.7 Å². The highest BCUT2D eigenvalue weighted by atomic mass is 28.4. The largest absolute Gasteiger partial charge is 0.460 e. The van der Waals surface area contributed by atoms with Crippen molar-refractivity contribution in [2.75, 3.05) is 0 Å². The average molecular weight is 513 g/mol. The second kappa shape index (κ2) is 10.7. The van der Waals surface area contributed by atoms with Crippen molar-refractivity contribution in [2.24, 2.45) is 11.8 Å². The van der Waals surface area contributed by atoms with E-state index in [1.54, 1.807) is 0 Å². The number of unbranched alkanes of at least 4 members (excludes halogenated alkanes) is 2. The number of ether oxygens (including phenoxy) is 1. The van der Waals surface area contributed by atoms with Crippen molar-refractivity contribution in [1.29, 1.82) is 0 Å². The zero-order chi connectivity index (χ0) is 26.1. The van der Waals surface area contributed by atoms with Gasteiger partial charge in [0.25, 0.3) is 0 Å². The lowest BCUT2D eigenvalue weighted by Gasteiger charge is -2.39. The standard InChI is InChI=1S/C27H49FO4Si2/c1-12-13-14-15-19(31-33(8,9)26(2,3)4)16-17-20-21(32-34(10,11)27(5,6)7)18-22-23(20)24(28)25(29)30-22/h19-24H,12-15,18H2,1-11H3/t19-,20+,21+,22-,23+,24?/m0/s1. The molecule has 0 bridgehead atoms. The van der Waals surface area contributed by atoms with E-state index in [1.165, 1.54) is 0 Å². The van der Waals surface area contributed by atoms with E-state index in [9.17, 15) is 9.18 Å².